The highest BCUT2D eigenvalue weighted by Crippen LogP contribution is 2.34. The maximum absolute atomic E-state index is 9.46. The van der Waals surface area contributed by atoms with Gasteiger partial charge in [0.05, 0.1) is 11.3 Å². The lowest BCUT2D eigenvalue weighted by atomic mass is 9.96. The minimum atomic E-state index is 0.630. The molecule has 0 atom stereocenters. The summed E-state index contributed by atoms with van der Waals surface area (Å²) >= 11 is 0. The number of nitrogens with zero attached hydrogens (tertiary/aromatic N) is 3. The molecule has 0 amide bonds. The highest BCUT2D eigenvalue weighted by atomic mass is 15.1. The lowest BCUT2D eigenvalue weighted by Crippen LogP contribution is -2.33. The molecular formula is C28H39N5. The summed E-state index contributed by atoms with van der Waals surface area (Å²) in [6.45, 7) is 5.92. The molecule has 5 heteroatoms. The molecule has 1 aromatic carbocycles. The van der Waals surface area contributed by atoms with Gasteiger partial charge in [-0.25, -0.2) is 4.98 Å². The number of aryl methyl sites for hydroxylation is 1. The zero-order valence-corrected chi connectivity index (χ0v) is 20.0. The Morgan fingerprint density at radius 3 is 2.48 bits per heavy atom. The minimum Gasteiger partial charge on any atom is -0.369 e. The quantitative estimate of drug-likeness (QED) is 0.464. The van der Waals surface area contributed by atoms with Crippen LogP contribution in [0.5, 0.6) is 0 Å². The first-order valence-electron chi connectivity index (χ1n) is 13.0. The van der Waals surface area contributed by atoms with Crippen LogP contribution in [-0.4, -0.2) is 42.6 Å². The molecule has 5 nitrogen and oxygen atoms in total. The molecule has 2 fully saturated rings. The molecule has 33 heavy (non-hydrogen) atoms. The molecule has 2 heterocycles. The number of nitriles is 1. The van der Waals surface area contributed by atoms with Crippen LogP contribution in [0.15, 0.2) is 36.4 Å². The molecule has 2 aromatic rings. The van der Waals surface area contributed by atoms with E-state index >= 15 is 0 Å². The van der Waals surface area contributed by atoms with Gasteiger partial charge in [0.15, 0.2) is 0 Å². The Morgan fingerprint density at radius 1 is 0.939 bits per heavy atom. The zero-order valence-electron chi connectivity index (χ0n) is 20.0. The summed E-state index contributed by atoms with van der Waals surface area (Å²) < 4.78 is 0. The first kappa shape index (κ1) is 23.7. The second kappa shape index (κ2) is 12.7. The van der Waals surface area contributed by atoms with E-state index in [1.54, 1.807) is 0 Å². The molecule has 1 aromatic heterocycles. The van der Waals surface area contributed by atoms with E-state index in [9.17, 15) is 5.26 Å². The molecular weight excluding hydrogens is 406 g/mol. The predicted molar refractivity (Wildman–Crippen MR) is 135 cm³/mol. The summed E-state index contributed by atoms with van der Waals surface area (Å²) in [5.74, 6) is 1.66. The smallest absolute Gasteiger partial charge is 0.126 e. The monoisotopic (exact) mass is 445 g/mol. The van der Waals surface area contributed by atoms with Crippen molar-refractivity contribution in [3.8, 4) is 6.07 Å². The van der Waals surface area contributed by atoms with Crippen molar-refractivity contribution in [3.05, 3.63) is 58.8 Å². The molecule has 2 aliphatic rings. The number of aromatic nitrogens is 1. The lowest BCUT2D eigenvalue weighted by Gasteiger charge is -2.26. The van der Waals surface area contributed by atoms with Gasteiger partial charge in [0.1, 0.15) is 11.9 Å². The zero-order chi connectivity index (χ0) is 22.7. The predicted octanol–water partition coefficient (Wildman–Crippen LogP) is 5.23. The van der Waals surface area contributed by atoms with Gasteiger partial charge >= 0.3 is 0 Å². The highest BCUT2D eigenvalue weighted by molar-refractivity contribution is 5.43. The van der Waals surface area contributed by atoms with Crippen LogP contribution in [0.25, 0.3) is 0 Å². The molecule has 1 aliphatic heterocycles. The van der Waals surface area contributed by atoms with Gasteiger partial charge in [-0.2, -0.15) is 5.26 Å². The number of hydrogen-bond donors (Lipinski definition) is 2. The van der Waals surface area contributed by atoms with Crippen LogP contribution in [0.1, 0.15) is 79.7 Å². The highest BCUT2D eigenvalue weighted by Gasteiger charge is 2.16. The Labute approximate surface area is 199 Å². The normalized spacial score (nSPS) is 17.2. The van der Waals surface area contributed by atoms with Crippen LogP contribution in [0.3, 0.4) is 0 Å². The molecule has 1 aliphatic carbocycles. The molecule has 0 spiro atoms. The van der Waals surface area contributed by atoms with Crippen molar-refractivity contribution in [1.82, 2.24) is 15.2 Å². The summed E-state index contributed by atoms with van der Waals surface area (Å²) in [6.07, 6.45) is 11.6. The SMILES string of the molecule is N#Cc1ccc(NCCN2CCCCC2)nc1CNCCCc1ccc(C2CCCC2)cc1. The number of nitrogens with one attached hydrogen (secondary N) is 2. The molecule has 176 valence electrons. The number of anilines is 1. The van der Waals surface area contributed by atoms with Crippen molar-refractivity contribution >= 4 is 5.82 Å². The van der Waals surface area contributed by atoms with E-state index < -0.39 is 0 Å². The summed E-state index contributed by atoms with van der Waals surface area (Å²) in [5, 5.41) is 16.4. The summed E-state index contributed by atoms with van der Waals surface area (Å²) in [6, 6.07) is 15.4. The Balaban J connectivity index is 1.18. The van der Waals surface area contributed by atoms with Gasteiger partial charge in [-0.05, 0) is 87.3 Å². The summed E-state index contributed by atoms with van der Waals surface area (Å²) in [4.78, 5) is 7.23. The number of benzene rings is 1. The lowest BCUT2D eigenvalue weighted by molar-refractivity contribution is 0.237. The molecule has 1 saturated heterocycles. The van der Waals surface area contributed by atoms with Crippen molar-refractivity contribution in [1.29, 1.82) is 5.26 Å². The number of likely N-dealkylation sites (tertiary alicyclic amines) is 1. The van der Waals surface area contributed by atoms with E-state index in [0.717, 1.165) is 49.9 Å². The molecule has 0 bridgehead atoms. The van der Waals surface area contributed by atoms with E-state index in [2.05, 4.69) is 45.9 Å². The van der Waals surface area contributed by atoms with Crippen LogP contribution in [-0.2, 0) is 13.0 Å². The third kappa shape index (κ3) is 7.28. The number of piperidine rings is 1. The van der Waals surface area contributed by atoms with Crippen LogP contribution in [0.4, 0.5) is 5.82 Å². The van der Waals surface area contributed by atoms with Gasteiger partial charge in [0, 0.05) is 19.6 Å². The van der Waals surface area contributed by atoms with Crippen LogP contribution >= 0.6 is 0 Å². The van der Waals surface area contributed by atoms with E-state index in [4.69, 9.17) is 4.98 Å². The molecule has 1 saturated carbocycles. The van der Waals surface area contributed by atoms with Gasteiger partial charge < -0.3 is 15.5 Å². The fourth-order valence-electron chi connectivity index (χ4n) is 5.20. The largest absolute Gasteiger partial charge is 0.369 e. The molecule has 2 N–H and O–H groups in total. The molecule has 0 unspecified atom stereocenters. The standard InChI is InChI=1S/C28H39N5/c29-21-26-14-15-28(31-17-20-33-18-4-1-5-19-33)32-27(26)22-30-16-6-7-23-10-12-25(13-11-23)24-8-2-3-9-24/h10-15,24,30H,1-9,16-20,22H2,(H,31,32). The second-order valence-corrected chi connectivity index (χ2v) is 9.63. The Morgan fingerprint density at radius 2 is 1.73 bits per heavy atom. The van der Waals surface area contributed by atoms with Crippen LogP contribution in [0, 0.1) is 11.3 Å². The molecule has 4 rings (SSSR count). The van der Waals surface area contributed by atoms with Crippen LogP contribution < -0.4 is 10.6 Å². The van der Waals surface area contributed by atoms with Crippen molar-refractivity contribution in [2.75, 3.05) is 38.0 Å². The first-order valence-corrected chi connectivity index (χ1v) is 13.0. The summed E-state index contributed by atoms with van der Waals surface area (Å²) in [5.41, 5.74) is 4.43. The average Bonchev–Trinajstić information content (AvgIpc) is 3.40. The fourth-order valence-corrected chi connectivity index (χ4v) is 5.20. The topological polar surface area (TPSA) is 64.0 Å². The van der Waals surface area contributed by atoms with Gasteiger partial charge in [0.2, 0.25) is 0 Å². The Hall–Kier alpha value is -2.42. The van der Waals surface area contributed by atoms with Crippen molar-refractivity contribution in [3.63, 3.8) is 0 Å². The van der Waals surface area contributed by atoms with E-state index in [0.29, 0.717) is 12.1 Å². The first-order chi connectivity index (χ1) is 16.3. The Bertz CT molecular complexity index is 889. The molecule has 0 radical (unpaired) electrons. The van der Waals surface area contributed by atoms with E-state index in [1.165, 1.54) is 69.2 Å². The van der Waals surface area contributed by atoms with Gasteiger partial charge in [-0.1, -0.05) is 43.5 Å². The number of hydrogen-bond acceptors (Lipinski definition) is 5. The van der Waals surface area contributed by atoms with Gasteiger partial charge in [-0.15, -0.1) is 0 Å². The van der Waals surface area contributed by atoms with E-state index in [1.807, 2.05) is 12.1 Å². The van der Waals surface area contributed by atoms with Crippen LogP contribution in [0.2, 0.25) is 0 Å². The Kier molecular flexibility index (Phi) is 9.15. The average molecular weight is 446 g/mol. The van der Waals surface area contributed by atoms with Crippen molar-refractivity contribution < 1.29 is 0 Å². The number of pyridine rings is 1. The minimum absolute atomic E-state index is 0.630. The van der Waals surface area contributed by atoms with E-state index in [-0.39, 0.29) is 0 Å². The van der Waals surface area contributed by atoms with Crippen molar-refractivity contribution in [2.24, 2.45) is 0 Å². The fraction of sp³-hybridized carbons (Fsp3) is 0.571. The maximum Gasteiger partial charge on any atom is 0.126 e. The third-order valence-electron chi connectivity index (χ3n) is 7.20. The second-order valence-electron chi connectivity index (χ2n) is 9.63. The van der Waals surface area contributed by atoms with Gasteiger partial charge in [-0.3, -0.25) is 0 Å². The number of rotatable bonds is 11. The van der Waals surface area contributed by atoms with Gasteiger partial charge in [0.25, 0.3) is 0 Å². The third-order valence-corrected chi connectivity index (χ3v) is 7.20. The summed E-state index contributed by atoms with van der Waals surface area (Å²) in [7, 11) is 0. The maximum atomic E-state index is 9.46. The van der Waals surface area contributed by atoms with Crippen molar-refractivity contribution in [2.45, 2.75) is 70.3 Å².